The molecule has 0 aliphatic carbocycles. The lowest BCUT2D eigenvalue weighted by molar-refractivity contribution is -0.152. The summed E-state index contributed by atoms with van der Waals surface area (Å²) in [5.41, 5.74) is 4.48. The molecule has 1 fully saturated rings. The third-order valence-corrected chi connectivity index (χ3v) is 12.1. The molecule has 5 rings (SSSR count). The van der Waals surface area contributed by atoms with Gasteiger partial charge in [-0.25, -0.2) is 9.59 Å². The van der Waals surface area contributed by atoms with Crippen LogP contribution in [-0.2, 0) is 50.9 Å². The molecule has 0 unspecified atom stereocenters. The third-order valence-electron chi connectivity index (χ3n) is 12.1. The van der Waals surface area contributed by atoms with E-state index in [0.717, 1.165) is 35.1 Å². The summed E-state index contributed by atoms with van der Waals surface area (Å²) in [6.07, 6.45) is 12.8. The number of phenols is 1. The summed E-state index contributed by atoms with van der Waals surface area (Å²) in [6.45, 7) is 14.9. The number of hydrogen-bond acceptors (Lipinski definition) is 14. The maximum atomic E-state index is 13.2. The Labute approximate surface area is 410 Å². The molecular formula is C55H78O14. The summed E-state index contributed by atoms with van der Waals surface area (Å²) in [4.78, 5) is 62.6. The van der Waals surface area contributed by atoms with Gasteiger partial charge in [0.25, 0.3) is 0 Å². The van der Waals surface area contributed by atoms with Gasteiger partial charge in [0.15, 0.2) is 17.4 Å². The number of benzene rings is 2. The zero-order chi connectivity index (χ0) is 51.4. The number of hydrogen-bond donors (Lipinski definition) is 4. The first-order valence-corrected chi connectivity index (χ1v) is 23.4. The SMILES string of the molecule is C.CCC(=O)OCCCCc1ccc(O)c2c1/C=C/C[C@H](O)[C@H](O)C(=O)/C=C\[C@@H](C)[C@H](C)OC2=O.Cc1ccc(CCCCO)c2c1C(=O)O[C@@H](C)[C@H](C)/C=C\C(=O)[C@H]1OC(C)(C)O[C@H]1CC=C2.[3H]C. The van der Waals surface area contributed by atoms with Gasteiger partial charge in [0.05, 0.1) is 24.4 Å². The first-order valence-electron chi connectivity index (χ1n) is 24.4. The van der Waals surface area contributed by atoms with Crippen LogP contribution in [0.15, 0.2) is 60.7 Å². The molecule has 0 radical (unpaired) electrons. The molecule has 69 heavy (non-hydrogen) atoms. The van der Waals surface area contributed by atoms with Crippen molar-refractivity contribution in [1.82, 2.24) is 0 Å². The Bertz CT molecular complexity index is 2170. The van der Waals surface area contributed by atoms with Crippen molar-refractivity contribution < 1.29 is 69.5 Å². The molecule has 2 aromatic rings. The fourth-order valence-electron chi connectivity index (χ4n) is 7.74. The molecule has 1 saturated heterocycles. The minimum absolute atomic E-state index is 0. The van der Waals surface area contributed by atoms with Crippen LogP contribution in [0, 0.1) is 18.8 Å². The maximum absolute atomic E-state index is 13.2. The van der Waals surface area contributed by atoms with Crippen molar-refractivity contribution in [2.75, 3.05) is 13.2 Å². The molecule has 0 spiro atoms. The summed E-state index contributed by atoms with van der Waals surface area (Å²) >= 11 is 0. The number of aliphatic hydroxyl groups excluding tert-OH is 3. The molecule has 8 atom stereocenters. The number of aromatic hydroxyl groups is 1. The Kier molecular flexibility index (Phi) is 23.9. The second-order valence-corrected chi connectivity index (χ2v) is 17.9. The number of aryl methyl sites for hydroxylation is 3. The van der Waals surface area contributed by atoms with E-state index in [1.165, 1.54) is 31.7 Å². The monoisotopic (exact) mass is 965 g/mol. The van der Waals surface area contributed by atoms with E-state index in [0.29, 0.717) is 56.3 Å². The van der Waals surface area contributed by atoms with Crippen LogP contribution in [-0.4, -0.2) is 106 Å². The number of carbonyl (C=O) groups is 5. The van der Waals surface area contributed by atoms with Gasteiger partial charge in [0.2, 0.25) is 0 Å². The van der Waals surface area contributed by atoms with Gasteiger partial charge in [0.1, 0.15) is 35.7 Å². The molecule has 0 bridgehead atoms. The number of ether oxygens (including phenoxy) is 5. The largest absolute Gasteiger partial charge is 0.507 e. The normalized spacial score (nSPS) is 26.3. The maximum Gasteiger partial charge on any atom is 0.342 e. The van der Waals surface area contributed by atoms with Gasteiger partial charge in [-0.05, 0) is 132 Å². The van der Waals surface area contributed by atoms with Gasteiger partial charge in [-0.2, -0.15) is 0 Å². The zero-order valence-corrected chi connectivity index (χ0v) is 41.2. The van der Waals surface area contributed by atoms with E-state index in [1.807, 2.05) is 58.9 Å². The van der Waals surface area contributed by atoms with Crippen molar-refractivity contribution in [2.45, 2.75) is 170 Å². The first kappa shape index (κ1) is 58.1. The summed E-state index contributed by atoms with van der Waals surface area (Å²) in [5, 5.41) is 40.0. The predicted molar refractivity (Wildman–Crippen MR) is 266 cm³/mol. The Balaban J connectivity index is 0.000000457. The van der Waals surface area contributed by atoms with E-state index >= 15 is 0 Å². The molecule has 0 aromatic heterocycles. The quantitative estimate of drug-likeness (QED) is 0.0995. The van der Waals surface area contributed by atoms with Crippen molar-refractivity contribution in [3.05, 3.63) is 99.7 Å². The molecular weight excluding hydrogens is 885 g/mol. The summed E-state index contributed by atoms with van der Waals surface area (Å²) < 4.78 is 34.2. The van der Waals surface area contributed by atoms with E-state index in [2.05, 4.69) is 0 Å². The number of phenolic OH excluding ortho intramolecular Hbond substituents is 1. The van der Waals surface area contributed by atoms with Gasteiger partial charge in [0, 0.05) is 26.2 Å². The van der Waals surface area contributed by atoms with Crippen molar-refractivity contribution in [3.63, 3.8) is 0 Å². The van der Waals surface area contributed by atoms with Crippen LogP contribution in [0.3, 0.4) is 0 Å². The van der Waals surface area contributed by atoms with Gasteiger partial charge in [-0.1, -0.05) is 90.3 Å². The number of esters is 3. The minimum Gasteiger partial charge on any atom is -0.507 e. The lowest BCUT2D eigenvalue weighted by atomic mass is 9.92. The minimum atomic E-state index is -1.58. The zero-order valence-electron chi connectivity index (χ0n) is 42.2. The molecule has 3 aliphatic rings. The van der Waals surface area contributed by atoms with E-state index < -0.39 is 54.2 Å². The van der Waals surface area contributed by atoms with Crippen LogP contribution in [0.2, 0.25) is 0 Å². The average molecular weight is 965 g/mol. The predicted octanol–water partition coefficient (Wildman–Crippen LogP) is 8.94. The van der Waals surface area contributed by atoms with Gasteiger partial charge in [-0.15, -0.1) is 0 Å². The second-order valence-electron chi connectivity index (χ2n) is 17.9. The summed E-state index contributed by atoms with van der Waals surface area (Å²) in [5.74, 6) is -3.69. The third kappa shape index (κ3) is 17.3. The van der Waals surface area contributed by atoms with E-state index in [9.17, 15) is 44.4 Å². The average Bonchev–Trinajstić information content (AvgIpc) is 3.64. The van der Waals surface area contributed by atoms with Gasteiger partial charge >= 0.3 is 17.9 Å². The summed E-state index contributed by atoms with van der Waals surface area (Å²) in [6, 6.07) is 7.13. The smallest absolute Gasteiger partial charge is 0.342 e. The molecule has 2 aromatic carbocycles. The lowest BCUT2D eigenvalue weighted by Gasteiger charge is -2.21. The Morgan fingerprint density at radius 3 is 1.88 bits per heavy atom. The Morgan fingerprint density at radius 2 is 1.29 bits per heavy atom. The molecule has 3 heterocycles. The van der Waals surface area contributed by atoms with Crippen molar-refractivity contribution in [1.29, 1.82) is 0 Å². The highest BCUT2D eigenvalue weighted by atomic mass is 16.8. The van der Waals surface area contributed by atoms with E-state index in [-0.39, 0.29) is 61.3 Å². The van der Waals surface area contributed by atoms with Crippen LogP contribution in [0.4, 0.5) is 0 Å². The number of unbranched alkanes of at least 4 members (excludes halogenated alkanes) is 2. The Hall–Kier alpha value is -5.25. The summed E-state index contributed by atoms with van der Waals surface area (Å²) in [7, 11) is 1.25. The first-order chi connectivity index (χ1) is 32.8. The number of ketones is 2. The number of aliphatic hydroxyl groups is 3. The number of cyclic esters (lactones) is 2. The van der Waals surface area contributed by atoms with Crippen LogP contribution in [0.1, 0.15) is 158 Å². The lowest BCUT2D eigenvalue weighted by Crippen LogP contribution is -2.32. The molecule has 14 nitrogen and oxygen atoms in total. The highest BCUT2D eigenvalue weighted by Crippen LogP contribution is 2.33. The van der Waals surface area contributed by atoms with E-state index in [1.54, 1.807) is 45.1 Å². The number of fused-ring (bicyclic) bond motifs is 3. The second kappa shape index (κ2) is 28.4. The fraction of sp³-hybridized carbons (Fsp3) is 0.545. The van der Waals surface area contributed by atoms with Crippen molar-refractivity contribution in [3.8, 4) is 5.75 Å². The molecule has 0 saturated carbocycles. The van der Waals surface area contributed by atoms with E-state index in [4.69, 9.17) is 25.1 Å². The van der Waals surface area contributed by atoms with Gasteiger partial charge < -0.3 is 44.1 Å². The fourth-order valence-corrected chi connectivity index (χ4v) is 7.74. The van der Waals surface area contributed by atoms with Gasteiger partial charge in [-0.3, -0.25) is 14.4 Å². The van der Waals surface area contributed by atoms with Crippen molar-refractivity contribution in [2.24, 2.45) is 11.8 Å². The highest BCUT2D eigenvalue weighted by Gasteiger charge is 2.43. The number of rotatable bonds is 10. The molecule has 382 valence electrons. The highest BCUT2D eigenvalue weighted by molar-refractivity contribution is 5.98. The molecule has 0 amide bonds. The molecule has 3 aliphatic heterocycles. The van der Waals surface area contributed by atoms with Crippen LogP contribution < -0.4 is 0 Å². The Morgan fingerprint density at radius 1 is 0.754 bits per heavy atom. The van der Waals surface area contributed by atoms with Crippen LogP contribution in [0.5, 0.6) is 5.75 Å². The topological polar surface area (TPSA) is 212 Å². The molecule has 4 N–H and O–H groups in total. The number of carbonyl (C=O) groups excluding carboxylic acids is 5. The van der Waals surface area contributed by atoms with Crippen LogP contribution >= 0.6 is 0 Å². The van der Waals surface area contributed by atoms with Crippen LogP contribution in [0.25, 0.3) is 12.2 Å². The standard InChI is InChI=1S/C27H36O6.C26H34O8.2CH4/c1-17-13-15-22(29)25-23(32-27(4,5)33-25)11-8-10-21-20(9-6-7-16-28)14-12-18(2)24(21)26(30)31-19(17)3;1-4-23(30)33-15-6-5-8-18-12-14-20(27)24-19(18)9-7-10-21(28)25(31)22(29)13-11-16(2)17(3)34-26(24)32;;/h8,10,12-15,17,19,23,25,28H,6-7,9,11,16H2,1-5H3;7,9,11-14,16-17,21,25,27-28,31H,4-6,8,10,15H2,1-3H3;2*1H4/b10-8?,15-13-;9-7+,13-11-;;/t17-,19+,23+,25-;16-,17+,21+,25+;;/m11../s1/i;;1T;. The van der Waals surface area contributed by atoms with Crippen molar-refractivity contribution >= 4 is 41.6 Å². The molecule has 14 heteroatoms.